The lowest BCUT2D eigenvalue weighted by Gasteiger charge is -1.85. The smallest absolute Gasteiger partial charge is 0.481 e. The summed E-state index contributed by atoms with van der Waals surface area (Å²) in [5.74, 6) is -2.15. The van der Waals surface area contributed by atoms with Gasteiger partial charge in [-0.3, -0.25) is 9.59 Å². The summed E-state index contributed by atoms with van der Waals surface area (Å²) in [7, 11) is -5.74. The predicted molar refractivity (Wildman–Crippen MR) is 48.6 cm³/mol. The van der Waals surface area contributed by atoms with Crippen LogP contribution in [0.3, 0.4) is 0 Å². The Balaban J connectivity index is -0.000000179. The zero-order valence-corrected chi connectivity index (χ0v) is 9.41. The molecule has 0 amide bonds. The van der Waals surface area contributed by atoms with Crippen LogP contribution in [0.15, 0.2) is 0 Å². The Bertz CT molecular complexity index is 215. The lowest BCUT2D eigenvalue weighted by atomic mass is 10.3. The summed E-state index contributed by atoms with van der Waals surface area (Å²) in [5.41, 5.74) is 0. The third kappa shape index (κ3) is 118. The average molecular weight is 280 g/mol. The third-order valence-electron chi connectivity index (χ3n) is 0.553. The zero-order chi connectivity index (χ0) is 13.7. The van der Waals surface area contributed by atoms with Crippen molar-refractivity contribution >= 4 is 28.4 Å². The van der Waals surface area contributed by atoms with Gasteiger partial charge in [-0.25, -0.2) is 0 Å². The second kappa shape index (κ2) is 14.0. The first-order valence-electron chi connectivity index (χ1n) is 3.23. The van der Waals surface area contributed by atoms with Gasteiger partial charge < -0.3 is 10.2 Å². The van der Waals surface area contributed by atoms with Crippen LogP contribution in [0.1, 0.15) is 12.8 Å². The molecule has 0 aromatic carbocycles. The molecule has 16 heavy (non-hydrogen) atoms. The van der Waals surface area contributed by atoms with Crippen molar-refractivity contribution in [2.24, 2.45) is 0 Å². The molecule has 0 rings (SSSR count). The Kier molecular flexibility index (Phi) is 17.8. The van der Waals surface area contributed by atoms with Crippen LogP contribution in [-0.2, 0) is 18.7 Å². The van der Waals surface area contributed by atoms with Crippen molar-refractivity contribution in [2.45, 2.75) is 12.8 Å². The molecule has 0 unspecified atom stereocenters. The standard InChI is InChI=1S/C4H6O4.2HO3P/c5-3(6)1-2-4(7)8;2*1-4(2)3/h1-2H2,(H,5,6)(H,7,8);2*(H-,1,2,3)/p+2. The van der Waals surface area contributed by atoms with Crippen molar-refractivity contribution in [3.05, 3.63) is 0 Å². The highest BCUT2D eigenvalue weighted by Gasteiger charge is 2.00. The minimum absolute atomic E-state index is 0.296. The van der Waals surface area contributed by atoms with Crippen molar-refractivity contribution < 1.29 is 48.5 Å². The van der Waals surface area contributed by atoms with Crippen molar-refractivity contribution in [3.8, 4) is 0 Å². The summed E-state index contributed by atoms with van der Waals surface area (Å²) >= 11 is 0. The van der Waals surface area contributed by atoms with E-state index >= 15 is 0 Å². The molecule has 12 heteroatoms. The quantitative estimate of drug-likeness (QED) is 0.356. The number of rotatable bonds is 3. The molecule has 0 fully saturated rings. The largest absolute Gasteiger partial charge is 0.692 e. The number of carbonyl (C=O) groups is 2. The van der Waals surface area contributed by atoms with E-state index in [1.165, 1.54) is 0 Å². The average Bonchev–Trinajstić information content (AvgIpc) is 1.98. The Morgan fingerprint density at radius 3 is 0.938 bits per heavy atom. The molecule has 0 radical (unpaired) electrons. The molecule has 0 aliphatic carbocycles. The maximum absolute atomic E-state index is 9.64. The second-order valence-electron chi connectivity index (χ2n) is 1.79. The fraction of sp³-hybridized carbons (Fsp3) is 0.500. The molecule has 0 saturated carbocycles. The van der Waals surface area contributed by atoms with Gasteiger partial charge in [0, 0.05) is 9.13 Å². The van der Waals surface area contributed by atoms with Crippen LogP contribution in [0.2, 0.25) is 0 Å². The Morgan fingerprint density at radius 2 is 0.875 bits per heavy atom. The summed E-state index contributed by atoms with van der Waals surface area (Å²) in [6.07, 6.45) is -0.593. The fourth-order valence-corrected chi connectivity index (χ4v) is 0.214. The molecule has 0 saturated heterocycles. The SMILES string of the molecule is O=C(O)CCC(=O)O.O=[P+](O)O.O=[P+](O)O. The molecule has 0 atom stereocenters. The van der Waals surface area contributed by atoms with E-state index in [0.717, 1.165) is 0 Å². The van der Waals surface area contributed by atoms with Crippen LogP contribution >= 0.6 is 16.5 Å². The highest BCUT2D eigenvalue weighted by Crippen LogP contribution is 1.98. The normalized spacial score (nSPS) is 7.50. The second-order valence-corrected chi connectivity index (χ2v) is 2.80. The van der Waals surface area contributed by atoms with Gasteiger partial charge in [-0.05, 0) is 0 Å². The van der Waals surface area contributed by atoms with Crippen LogP contribution in [0.4, 0.5) is 0 Å². The molecule has 94 valence electrons. The van der Waals surface area contributed by atoms with Gasteiger partial charge in [0.1, 0.15) is 0 Å². The van der Waals surface area contributed by atoms with Crippen LogP contribution < -0.4 is 0 Å². The summed E-state index contributed by atoms with van der Waals surface area (Å²) in [6, 6.07) is 0. The van der Waals surface area contributed by atoms with Gasteiger partial charge in [0.05, 0.1) is 12.8 Å². The van der Waals surface area contributed by atoms with Crippen molar-refractivity contribution in [1.29, 1.82) is 0 Å². The molecule has 6 N–H and O–H groups in total. The molecule has 10 nitrogen and oxygen atoms in total. The van der Waals surface area contributed by atoms with Gasteiger partial charge in [-0.1, -0.05) is 0 Å². The molecular weight excluding hydrogens is 270 g/mol. The molecule has 0 bridgehead atoms. The van der Waals surface area contributed by atoms with Crippen LogP contribution in [0, 0.1) is 0 Å². The van der Waals surface area contributed by atoms with Gasteiger partial charge >= 0.3 is 28.4 Å². The Hall–Kier alpha value is -1.02. The van der Waals surface area contributed by atoms with Gasteiger partial charge in [0.15, 0.2) is 0 Å². The minimum atomic E-state index is -2.87. The van der Waals surface area contributed by atoms with Crippen molar-refractivity contribution in [2.75, 3.05) is 0 Å². The predicted octanol–water partition coefficient (Wildman–Crippen LogP) is -0.807. The van der Waals surface area contributed by atoms with E-state index in [4.69, 9.17) is 38.9 Å². The summed E-state index contributed by atoms with van der Waals surface area (Å²) in [6.45, 7) is 0. The van der Waals surface area contributed by atoms with E-state index < -0.39 is 28.4 Å². The fourth-order valence-electron chi connectivity index (χ4n) is 0.214. The highest BCUT2D eigenvalue weighted by atomic mass is 31.1. The number of hydrogen-bond acceptors (Lipinski definition) is 4. The van der Waals surface area contributed by atoms with Crippen molar-refractivity contribution in [3.63, 3.8) is 0 Å². The highest BCUT2D eigenvalue weighted by molar-refractivity contribution is 7.31. The van der Waals surface area contributed by atoms with Crippen LogP contribution in [-0.4, -0.2) is 41.7 Å². The monoisotopic (exact) mass is 280 g/mol. The maximum atomic E-state index is 9.64. The Labute approximate surface area is 90.7 Å². The first kappa shape index (κ1) is 20.4. The van der Waals surface area contributed by atoms with Crippen molar-refractivity contribution in [1.82, 2.24) is 0 Å². The summed E-state index contributed by atoms with van der Waals surface area (Å²) < 4.78 is 17.4. The van der Waals surface area contributed by atoms with E-state index in [1.54, 1.807) is 0 Å². The number of carboxylic acids is 2. The zero-order valence-electron chi connectivity index (χ0n) is 7.62. The van der Waals surface area contributed by atoms with Gasteiger partial charge in [0.2, 0.25) is 0 Å². The van der Waals surface area contributed by atoms with E-state index in [1.807, 2.05) is 0 Å². The minimum Gasteiger partial charge on any atom is -0.481 e. The van der Waals surface area contributed by atoms with Gasteiger partial charge in [-0.2, -0.15) is 0 Å². The van der Waals surface area contributed by atoms with Gasteiger partial charge in [0.25, 0.3) is 0 Å². The van der Waals surface area contributed by atoms with Crippen LogP contribution in [0.5, 0.6) is 0 Å². The number of hydrogen-bond donors (Lipinski definition) is 6. The lowest BCUT2D eigenvalue weighted by molar-refractivity contribution is -0.143. The maximum Gasteiger partial charge on any atom is 0.692 e. The molecule has 0 heterocycles. The first-order chi connectivity index (χ1) is 7.09. The summed E-state index contributed by atoms with van der Waals surface area (Å²) in [4.78, 5) is 47.8. The molecule has 0 aliphatic rings. The van der Waals surface area contributed by atoms with E-state index in [-0.39, 0.29) is 12.8 Å². The lowest BCUT2D eigenvalue weighted by Crippen LogP contribution is -2.00. The molecule has 0 aromatic heterocycles. The first-order valence-corrected chi connectivity index (χ1v) is 5.56. The molecule has 0 aromatic rings. The summed E-state index contributed by atoms with van der Waals surface area (Å²) in [5, 5.41) is 15.8. The van der Waals surface area contributed by atoms with E-state index in [9.17, 15) is 9.59 Å². The molecule has 0 spiro atoms. The van der Waals surface area contributed by atoms with E-state index in [2.05, 4.69) is 0 Å². The topological polar surface area (TPSA) is 190 Å². The molecular formula is C4H10O10P2+2. The van der Waals surface area contributed by atoms with Crippen LogP contribution in [0.25, 0.3) is 0 Å². The Morgan fingerprint density at radius 1 is 0.750 bits per heavy atom. The number of aliphatic carboxylic acids is 2. The van der Waals surface area contributed by atoms with Gasteiger partial charge in [-0.15, -0.1) is 19.6 Å². The third-order valence-corrected chi connectivity index (χ3v) is 0.553. The van der Waals surface area contributed by atoms with E-state index in [0.29, 0.717) is 0 Å². The number of carboxylic acid groups (broad SMARTS) is 2. The molecule has 0 aliphatic heterocycles.